The van der Waals surface area contributed by atoms with Crippen molar-refractivity contribution in [1.29, 1.82) is 0 Å². The zero-order chi connectivity index (χ0) is 20.9. The van der Waals surface area contributed by atoms with Gasteiger partial charge in [-0.25, -0.2) is 0 Å². The van der Waals surface area contributed by atoms with E-state index in [1.54, 1.807) is 32.4 Å². The van der Waals surface area contributed by atoms with Crippen LogP contribution in [0.2, 0.25) is 0 Å². The molecular formula is C23H20N2O5. The highest BCUT2D eigenvalue weighted by Crippen LogP contribution is 2.31. The Morgan fingerprint density at radius 1 is 0.967 bits per heavy atom. The lowest BCUT2D eigenvalue weighted by Crippen LogP contribution is -2.08. The molecule has 0 amide bonds. The van der Waals surface area contributed by atoms with Gasteiger partial charge in [-0.05, 0) is 28.5 Å². The highest BCUT2D eigenvalue weighted by Gasteiger charge is 2.15. The van der Waals surface area contributed by atoms with E-state index < -0.39 is 0 Å². The average Bonchev–Trinajstić information content (AvgIpc) is 3.26. The van der Waals surface area contributed by atoms with Crippen LogP contribution < -0.4 is 9.47 Å². The number of esters is 1. The summed E-state index contributed by atoms with van der Waals surface area (Å²) in [4.78, 5) is 16.5. The lowest BCUT2D eigenvalue weighted by Gasteiger charge is -2.07. The third-order valence-corrected chi connectivity index (χ3v) is 4.64. The number of benzene rings is 3. The number of rotatable bonds is 7. The van der Waals surface area contributed by atoms with Crippen molar-refractivity contribution in [2.24, 2.45) is 0 Å². The first-order valence-corrected chi connectivity index (χ1v) is 9.34. The SMILES string of the molecule is COc1ccc(-c2noc(COC(=O)Cc3ccc4ccccc4c3)n2)c(OC)c1. The van der Waals surface area contributed by atoms with E-state index in [-0.39, 0.29) is 24.9 Å². The van der Waals surface area contributed by atoms with Crippen LogP contribution in [0, 0.1) is 0 Å². The van der Waals surface area contributed by atoms with Crippen LogP contribution in [0.1, 0.15) is 11.5 Å². The molecule has 0 aliphatic carbocycles. The normalized spacial score (nSPS) is 10.7. The van der Waals surface area contributed by atoms with Gasteiger partial charge in [-0.2, -0.15) is 4.98 Å². The summed E-state index contributed by atoms with van der Waals surface area (Å²) in [5.74, 6) is 1.38. The van der Waals surface area contributed by atoms with Crippen LogP contribution in [-0.2, 0) is 22.6 Å². The predicted octanol–water partition coefficient (Wildman–Crippen LogP) is 4.19. The summed E-state index contributed by atoms with van der Waals surface area (Å²) in [7, 11) is 3.13. The van der Waals surface area contributed by atoms with E-state index in [4.69, 9.17) is 18.7 Å². The molecular weight excluding hydrogens is 384 g/mol. The molecule has 0 aliphatic heterocycles. The topological polar surface area (TPSA) is 83.7 Å². The van der Waals surface area contributed by atoms with Crippen molar-refractivity contribution in [1.82, 2.24) is 10.1 Å². The Hall–Kier alpha value is -3.87. The highest BCUT2D eigenvalue weighted by atomic mass is 16.6. The predicted molar refractivity (Wildman–Crippen MR) is 110 cm³/mol. The van der Waals surface area contributed by atoms with Gasteiger partial charge in [0, 0.05) is 6.07 Å². The number of carbonyl (C=O) groups is 1. The molecule has 7 heteroatoms. The maximum Gasteiger partial charge on any atom is 0.310 e. The van der Waals surface area contributed by atoms with Crippen LogP contribution in [0.5, 0.6) is 11.5 Å². The van der Waals surface area contributed by atoms with Gasteiger partial charge in [0.2, 0.25) is 5.82 Å². The van der Waals surface area contributed by atoms with E-state index in [2.05, 4.69) is 10.1 Å². The molecule has 0 saturated heterocycles. The van der Waals surface area contributed by atoms with E-state index in [0.717, 1.165) is 16.3 Å². The fraction of sp³-hybridized carbons (Fsp3) is 0.174. The number of hydrogen-bond acceptors (Lipinski definition) is 7. The van der Waals surface area contributed by atoms with Crippen LogP contribution >= 0.6 is 0 Å². The summed E-state index contributed by atoms with van der Waals surface area (Å²) in [5.41, 5.74) is 1.53. The summed E-state index contributed by atoms with van der Waals surface area (Å²) >= 11 is 0. The van der Waals surface area contributed by atoms with Crippen molar-refractivity contribution in [2.75, 3.05) is 14.2 Å². The van der Waals surface area contributed by atoms with Gasteiger partial charge in [0.15, 0.2) is 6.61 Å². The van der Waals surface area contributed by atoms with Crippen molar-refractivity contribution < 1.29 is 23.5 Å². The molecule has 4 rings (SSSR count). The third kappa shape index (κ3) is 4.25. The monoisotopic (exact) mass is 404 g/mol. The maximum absolute atomic E-state index is 12.2. The van der Waals surface area contributed by atoms with Gasteiger partial charge in [-0.3, -0.25) is 4.79 Å². The van der Waals surface area contributed by atoms with Crippen molar-refractivity contribution >= 4 is 16.7 Å². The van der Waals surface area contributed by atoms with Crippen LogP contribution in [0.25, 0.3) is 22.2 Å². The molecule has 0 radical (unpaired) electrons. The minimum atomic E-state index is -0.368. The minimum absolute atomic E-state index is 0.0993. The van der Waals surface area contributed by atoms with Gasteiger partial charge >= 0.3 is 5.97 Å². The summed E-state index contributed by atoms with van der Waals surface area (Å²) in [6.45, 7) is -0.0993. The Morgan fingerprint density at radius 2 is 1.80 bits per heavy atom. The lowest BCUT2D eigenvalue weighted by molar-refractivity contribution is -0.144. The van der Waals surface area contributed by atoms with Crippen LogP contribution in [0.3, 0.4) is 0 Å². The number of fused-ring (bicyclic) bond motifs is 1. The largest absolute Gasteiger partial charge is 0.497 e. The van der Waals surface area contributed by atoms with Gasteiger partial charge in [0.05, 0.1) is 26.2 Å². The standard InChI is InChI=1S/C23H20N2O5/c1-27-18-9-10-19(20(13-18)28-2)23-24-21(30-25-23)14-29-22(26)12-15-7-8-16-5-3-4-6-17(16)11-15/h3-11,13H,12,14H2,1-2H3. The van der Waals surface area contributed by atoms with Gasteiger partial charge in [0.25, 0.3) is 5.89 Å². The second-order valence-corrected chi connectivity index (χ2v) is 6.60. The van der Waals surface area contributed by atoms with Gasteiger partial charge in [-0.15, -0.1) is 0 Å². The smallest absolute Gasteiger partial charge is 0.310 e. The Kier molecular flexibility index (Phi) is 5.61. The molecule has 1 aromatic heterocycles. The first-order chi connectivity index (χ1) is 14.7. The molecule has 0 N–H and O–H groups in total. The quantitative estimate of drug-likeness (QED) is 0.427. The van der Waals surface area contributed by atoms with E-state index in [0.29, 0.717) is 22.9 Å². The highest BCUT2D eigenvalue weighted by molar-refractivity contribution is 5.84. The Balaban J connectivity index is 1.39. The van der Waals surface area contributed by atoms with Crippen LogP contribution in [-0.4, -0.2) is 30.3 Å². The summed E-state index contributed by atoms with van der Waals surface area (Å²) in [5, 5.41) is 6.16. The van der Waals surface area contributed by atoms with Crippen LogP contribution in [0.4, 0.5) is 0 Å². The van der Waals surface area contributed by atoms with Crippen molar-refractivity contribution in [3.05, 3.63) is 72.1 Å². The summed E-state index contributed by atoms with van der Waals surface area (Å²) < 4.78 is 21.1. The Labute approximate surface area is 173 Å². The van der Waals surface area contributed by atoms with Gasteiger partial charge in [0.1, 0.15) is 11.5 Å². The molecule has 0 aliphatic rings. The van der Waals surface area contributed by atoms with Gasteiger partial charge < -0.3 is 18.7 Å². The second-order valence-electron chi connectivity index (χ2n) is 6.60. The van der Waals surface area contributed by atoms with E-state index in [1.165, 1.54) is 0 Å². The maximum atomic E-state index is 12.2. The zero-order valence-corrected chi connectivity index (χ0v) is 16.6. The first-order valence-electron chi connectivity index (χ1n) is 9.34. The molecule has 4 aromatic rings. The second kappa shape index (κ2) is 8.65. The summed E-state index contributed by atoms with van der Waals surface area (Å²) in [6, 6.07) is 19.2. The molecule has 0 unspecified atom stereocenters. The minimum Gasteiger partial charge on any atom is -0.497 e. The van der Waals surface area contributed by atoms with Crippen LogP contribution in [0.15, 0.2) is 65.2 Å². The van der Waals surface area contributed by atoms with Gasteiger partial charge in [-0.1, -0.05) is 47.6 Å². The van der Waals surface area contributed by atoms with E-state index >= 15 is 0 Å². The van der Waals surface area contributed by atoms with Crippen molar-refractivity contribution in [2.45, 2.75) is 13.0 Å². The average molecular weight is 404 g/mol. The number of hydrogen-bond donors (Lipinski definition) is 0. The summed E-state index contributed by atoms with van der Waals surface area (Å²) in [6.07, 6.45) is 0.165. The molecule has 152 valence electrons. The van der Waals surface area contributed by atoms with Crippen molar-refractivity contribution in [3.8, 4) is 22.9 Å². The Bertz CT molecular complexity index is 1190. The molecule has 1 heterocycles. The fourth-order valence-electron chi connectivity index (χ4n) is 3.11. The number of nitrogens with zero attached hydrogens (tertiary/aromatic N) is 2. The zero-order valence-electron chi connectivity index (χ0n) is 16.6. The number of methoxy groups -OCH3 is 2. The lowest BCUT2D eigenvalue weighted by atomic mass is 10.1. The first kappa shape index (κ1) is 19.4. The number of aromatic nitrogens is 2. The molecule has 0 saturated carbocycles. The van der Waals surface area contributed by atoms with E-state index in [1.807, 2.05) is 42.5 Å². The third-order valence-electron chi connectivity index (χ3n) is 4.64. The van der Waals surface area contributed by atoms with E-state index in [9.17, 15) is 4.79 Å². The molecule has 3 aromatic carbocycles. The van der Waals surface area contributed by atoms with Crippen molar-refractivity contribution in [3.63, 3.8) is 0 Å². The Morgan fingerprint density at radius 3 is 2.60 bits per heavy atom. The molecule has 30 heavy (non-hydrogen) atoms. The fourth-order valence-corrected chi connectivity index (χ4v) is 3.11. The number of ether oxygens (including phenoxy) is 3. The molecule has 0 spiro atoms. The number of carbonyl (C=O) groups excluding carboxylic acids is 1. The molecule has 0 bridgehead atoms. The molecule has 0 atom stereocenters. The molecule has 0 fully saturated rings. The molecule has 7 nitrogen and oxygen atoms in total.